The molecule has 1 saturated heterocycles. The van der Waals surface area contributed by atoms with Gasteiger partial charge in [0.15, 0.2) is 11.5 Å². The molecule has 38 heavy (non-hydrogen) atoms. The number of aromatic nitrogens is 4. The summed E-state index contributed by atoms with van der Waals surface area (Å²) < 4.78 is 75.8. The molecule has 200 valence electrons. The van der Waals surface area contributed by atoms with Crippen molar-refractivity contribution in [2.45, 2.75) is 37.6 Å². The Morgan fingerprint density at radius 3 is 2.37 bits per heavy atom. The fourth-order valence-electron chi connectivity index (χ4n) is 4.42. The molecule has 0 atom stereocenters. The molecule has 1 aliphatic rings. The van der Waals surface area contributed by atoms with Gasteiger partial charge in [0, 0.05) is 42.2 Å². The third-order valence-electron chi connectivity index (χ3n) is 6.28. The average Bonchev–Trinajstić information content (AvgIpc) is 3.24. The van der Waals surface area contributed by atoms with Gasteiger partial charge in [-0.3, -0.25) is 9.47 Å². The van der Waals surface area contributed by atoms with Crippen molar-refractivity contribution in [2.24, 2.45) is 0 Å². The number of likely N-dealkylation sites (tertiary alicyclic amines) is 1. The number of pyridine rings is 2. The molecule has 4 aromatic rings. The van der Waals surface area contributed by atoms with Crippen LogP contribution in [0.4, 0.5) is 27.8 Å². The number of anilines is 1. The Labute approximate surface area is 222 Å². The van der Waals surface area contributed by atoms with Crippen LogP contribution in [0.5, 0.6) is 5.75 Å². The number of rotatable bonds is 6. The number of nitrogen functional groups attached to an aromatic ring is 1. The number of hydrogen-bond acceptors (Lipinski definition) is 6. The molecule has 0 radical (unpaired) electrons. The minimum Gasteiger partial charge on any atom is -0.490 e. The zero-order valence-electron chi connectivity index (χ0n) is 19.8. The molecule has 0 unspecified atom stereocenters. The summed E-state index contributed by atoms with van der Waals surface area (Å²) in [5.74, 6) is -5.68. The fourth-order valence-corrected chi connectivity index (χ4v) is 4.74. The summed E-state index contributed by atoms with van der Waals surface area (Å²) in [6.45, 7) is 2.37. The van der Waals surface area contributed by atoms with Crippen LogP contribution in [0.2, 0.25) is 0 Å². The lowest BCUT2D eigenvalue weighted by molar-refractivity contribution is -0.292. The van der Waals surface area contributed by atoms with Crippen molar-refractivity contribution in [3.8, 4) is 11.4 Å². The van der Waals surface area contributed by atoms with Crippen LogP contribution in [0.15, 0.2) is 59.3 Å². The van der Waals surface area contributed by atoms with E-state index in [0.29, 0.717) is 16.0 Å². The number of benzene rings is 1. The highest BCUT2D eigenvalue weighted by atomic mass is 79.9. The van der Waals surface area contributed by atoms with E-state index in [2.05, 4.69) is 35.8 Å². The van der Waals surface area contributed by atoms with Gasteiger partial charge in [0.25, 0.3) is 0 Å². The van der Waals surface area contributed by atoms with Crippen LogP contribution >= 0.6 is 15.9 Å². The quantitative estimate of drug-likeness (QED) is 0.281. The van der Waals surface area contributed by atoms with Gasteiger partial charge >= 0.3 is 12.1 Å². The number of fused-ring (bicyclic) bond motifs is 1. The molecule has 0 spiro atoms. The maximum Gasteiger partial charge on any atom is 0.461 e. The first-order valence-electron chi connectivity index (χ1n) is 11.7. The van der Waals surface area contributed by atoms with Gasteiger partial charge in [0.2, 0.25) is 0 Å². The summed E-state index contributed by atoms with van der Waals surface area (Å²) >= 11 is 3.14. The number of ether oxygens (including phenoxy) is 1. The van der Waals surface area contributed by atoms with Crippen molar-refractivity contribution in [1.29, 1.82) is 0 Å². The molecule has 1 fully saturated rings. The van der Waals surface area contributed by atoms with Crippen LogP contribution in [0.25, 0.3) is 16.9 Å². The molecule has 0 bridgehead atoms. The summed E-state index contributed by atoms with van der Waals surface area (Å²) in [5.41, 5.74) is 6.67. The van der Waals surface area contributed by atoms with Crippen molar-refractivity contribution >= 4 is 32.9 Å². The number of halogens is 6. The highest BCUT2D eigenvalue weighted by Crippen LogP contribution is 2.45. The lowest BCUT2D eigenvalue weighted by atomic mass is 10.1. The molecule has 1 aromatic carbocycles. The first-order chi connectivity index (χ1) is 18.0. The van der Waals surface area contributed by atoms with Crippen LogP contribution in [-0.4, -0.2) is 49.8 Å². The van der Waals surface area contributed by atoms with Gasteiger partial charge in [0.05, 0.1) is 0 Å². The summed E-state index contributed by atoms with van der Waals surface area (Å²) in [7, 11) is 0. The van der Waals surface area contributed by atoms with Crippen LogP contribution in [0, 0.1) is 0 Å². The van der Waals surface area contributed by atoms with Crippen molar-refractivity contribution in [2.75, 3.05) is 18.8 Å². The Morgan fingerprint density at radius 1 is 1.00 bits per heavy atom. The number of hydrogen-bond donors (Lipinski definition) is 1. The van der Waals surface area contributed by atoms with Crippen LogP contribution < -0.4 is 10.5 Å². The van der Waals surface area contributed by atoms with E-state index in [9.17, 15) is 22.0 Å². The van der Waals surface area contributed by atoms with Crippen molar-refractivity contribution in [3.63, 3.8) is 0 Å². The van der Waals surface area contributed by atoms with E-state index >= 15 is 0 Å². The molecule has 2 N–H and O–H groups in total. The maximum absolute atomic E-state index is 14.4. The zero-order valence-corrected chi connectivity index (χ0v) is 21.4. The van der Waals surface area contributed by atoms with Crippen LogP contribution in [-0.2, 0) is 12.5 Å². The second-order valence-electron chi connectivity index (χ2n) is 9.02. The second kappa shape index (κ2) is 10.1. The van der Waals surface area contributed by atoms with Gasteiger partial charge in [-0.1, -0.05) is 0 Å². The molecule has 0 amide bonds. The average molecular weight is 597 g/mol. The molecule has 1 aliphatic heterocycles. The van der Waals surface area contributed by atoms with Gasteiger partial charge in [-0.25, -0.2) is 15.0 Å². The highest BCUT2D eigenvalue weighted by Gasteiger charge is 2.62. The summed E-state index contributed by atoms with van der Waals surface area (Å²) in [4.78, 5) is 13.9. The SMILES string of the molecule is Nc1cc(CN2CCC(Oc3ccc(-n4c(C(F)(F)C(F)(F)F)nc5cc(Br)cnc54)cc3)CC2)ccn1. The van der Waals surface area contributed by atoms with Gasteiger partial charge < -0.3 is 10.5 Å². The molecule has 5 rings (SSSR count). The first-order valence-corrected chi connectivity index (χ1v) is 12.5. The number of piperidine rings is 1. The number of alkyl halides is 5. The topological polar surface area (TPSA) is 82.1 Å². The monoisotopic (exact) mass is 596 g/mol. The standard InChI is InChI=1S/C25H22BrF5N6O/c26-16-12-20-22(34-13-16)37(23(35-20)24(27,28)25(29,30)31)17-1-3-18(4-2-17)38-19-6-9-36(10-7-19)14-15-5-8-33-21(32)11-15/h1-5,8,11-13,19H,6-7,9-10,14H2,(H2,32,33). The third-order valence-corrected chi connectivity index (χ3v) is 6.72. The Kier molecular flexibility index (Phi) is 6.99. The minimum absolute atomic E-state index is 0.0556. The van der Waals surface area contributed by atoms with Crippen molar-refractivity contribution in [1.82, 2.24) is 24.4 Å². The van der Waals surface area contributed by atoms with Crippen molar-refractivity contribution < 1.29 is 26.7 Å². The van der Waals surface area contributed by atoms with Gasteiger partial charge in [-0.05, 0) is 76.8 Å². The highest BCUT2D eigenvalue weighted by molar-refractivity contribution is 9.10. The summed E-state index contributed by atoms with van der Waals surface area (Å²) in [6.07, 6.45) is -1.35. The largest absolute Gasteiger partial charge is 0.490 e. The maximum atomic E-state index is 14.4. The first kappa shape index (κ1) is 26.3. The zero-order chi connectivity index (χ0) is 27.1. The predicted molar refractivity (Wildman–Crippen MR) is 134 cm³/mol. The van der Waals surface area contributed by atoms with E-state index in [1.54, 1.807) is 18.3 Å². The van der Waals surface area contributed by atoms with E-state index in [4.69, 9.17) is 10.5 Å². The normalized spacial score (nSPS) is 15.7. The molecule has 7 nitrogen and oxygen atoms in total. The van der Waals surface area contributed by atoms with E-state index < -0.39 is 17.9 Å². The lowest BCUT2D eigenvalue weighted by Crippen LogP contribution is -2.37. The second-order valence-corrected chi connectivity index (χ2v) is 9.93. The van der Waals surface area contributed by atoms with Gasteiger partial charge in [-0.15, -0.1) is 0 Å². The van der Waals surface area contributed by atoms with Gasteiger partial charge in [0.1, 0.15) is 23.2 Å². The summed E-state index contributed by atoms with van der Waals surface area (Å²) in [6, 6.07) is 11.0. The van der Waals surface area contributed by atoms with E-state index in [-0.39, 0.29) is 23.0 Å². The minimum atomic E-state index is -5.83. The smallest absolute Gasteiger partial charge is 0.461 e. The Balaban J connectivity index is 1.32. The molecule has 4 heterocycles. The molecule has 0 saturated carbocycles. The number of imidazole rings is 1. The van der Waals surface area contributed by atoms with E-state index in [1.807, 2.05) is 12.1 Å². The number of nitrogens with zero attached hydrogens (tertiary/aromatic N) is 5. The van der Waals surface area contributed by atoms with E-state index in [1.165, 1.54) is 24.4 Å². The molecular formula is C25H22BrF5N6O. The number of nitrogens with two attached hydrogens (primary N) is 1. The van der Waals surface area contributed by atoms with Gasteiger partial charge in [-0.2, -0.15) is 22.0 Å². The summed E-state index contributed by atoms with van der Waals surface area (Å²) in [5, 5.41) is 0. The molecular weight excluding hydrogens is 575 g/mol. The van der Waals surface area contributed by atoms with Crippen molar-refractivity contribution in [3.05, 3.63) is 70.7 Å². The Bertz CT molecular complexity index is 1430. The Hall–Kier alpha value is -3.32. The molecule has 13 heteroatoms. The predicted octanol–water partition coefficient (Wildman–Crippen LogP) is 5.86. The third kappa shape index (κ3) is 5.30. The lowest BCUT2D eigenvalue weighted by Gasteiger charge is -2.32. The molecule has 3 aromatic heterocycles. The van der Waals surface area contributed by atoms with Crippen LogP contribution in [0.3, 0.4) is 0 Å². The Morgan fingerprint density at radius 2 is 1.71 bits per heavy atom. The van der Waals surface area contributed by atoms with E-state index in [0.717, 1.165) is 42.6 Å². The molecule has 0 aliphatic carbocycles. The fraction of sp³-hybridized carbons (Fsp3) is 0.320. The van der Waals surface area contributed by atoms with Crippen LogP contribution in [0.1, 0.15) is 24.2 Å².